The molecule has 0 spiro atoms. The van der Waals surface area contributed by atoms with Crippen molar-refractivity contribution in [1.82, 2.24) is 16.0 Å². The van der Waals surface area contributed by atoms with E-state index in [0.29, 0.717) is 31.6 Å². The van der Waals surface area contributed by atoms with Crippen molar-refractivity contribution in [2.75, 3.05) is 26.2 Å². The molecule has 0 saturated heterocycles. The van der Waals surface area contributed by atoms with E-state index < -0.39 is 0 Å². The maximum atomic E-state index is 11.8. The number of hydrogen-bond acceptors (Lipinski definition) is 4. The van der Waals surface area contributed by atoms with Gasteiger partial charge >= 0.3 is 0 Å². The highest BCUT2D eigenvalue weighted by molar-refractivity contribution is 5.94. The van der Waals surface area contributed by atoms with Crippen LogP contribution in [-0.4, -0.2) is 38.0 Å². The van der Waals surface area contributed by atoms with Crippen LogP contribution in [0.3, 0.4) is 0 Å². The minimum atomic E-state index is -0.157. The summed E-state index contributed by atoms with van der Waals surface area (Å²) in [4.78, 5) is 23.1. The highest BCUT2D eigenvalue weighted by Crippen LogP contribution is 2.02. The highest BCUT2D eigenvalue weighted by Gasteiger charge is 2.04. The standard InChI is InChI=1S/C15H20N4O2/c1-12-3-5-13(6-4-12)15(21)19-10-9-17-11-14(20)18-8-2-7-16/h3-6,17H,2,8-11H2,1H3,(H,18,20)(H,19,21). The predicted octanol–water partition coefficient (Wildman–Crippen LogP) is 0.344. The van der Waals surface area contributed by atoms with E-state index >= 15 is 0 Å². The highest BCUT2D eigenvalue weighted by atomic mass is 16.2. The van der Waals surface area contributed by atoms with Crippen LogP contribution in [0.25, 0.3) is 0 Å². The zero-order valence-electron chi connectivity index (χ0n) is 12.1. The van der Waals surface area contributed by atoms with Crippen molar-refractivity contribution in [2.45, 2.75) is 13.3 Å². The average Bonchev–Trinajstić information content (AvgIpc) is 2.47. The van der Waals surface area contributed by atoms with Crippen molar-refractivity contribution in [3.8, 4) is 6.07 Å². The summed E-state index contributed by atoms with van der Waals surface area (Å²) in [7, 11) is 0. The van der Waals surface area contributed by atoms with E-state index in [1.54, 1.807) is 12.1 Å². The van der Waals surface area contributed by atoms with Crippen molar-refractivity contribution in [3.63, 3.8) is 0 Å². The van der Waals surface area contributed by atoms with Gasteiger partial charge in [-0.1, -0.05) is 17.7 Å². The van der Waals surface area contributed by atoms with Gasteiger partial charge in [-0.05, 0) is 19.1 Å². The Labute approximate surface area is 124 Å². The van der Waals surface area contributed by atoms with Crippen molar-refractivity contribution >= 4 is 11.8 Å². The summed E-state index contributed by atoms with van der Waals surface area (Å²) in [6.07, 6.45) is 0.304. The van der Waals surface area contributed by atoms with Gasteiger partial charge in [0.1, 0.15) is 0 Å². The second kappa shape index (κ2) is 9.50. The van der Waals surface area contributed by atoms with Gasteiger partial charge in [0.25, 0.3) is 5.91 Å². The first-order chi connectivity index (χ1) is 10.1. The van der Waals surface area contributed by atoms with Crippen LogP contribution in [0, 0.1) is 18.3 Å². The zero-order valence-corrected chi connectivity index (χ0v) is 12.1. The molecule has 0 aliphatic rings. The summed E-state index contributed by atoms with van der Waals surface area (Å²) in [6.45, 7) is 3.45. The first-order valence-corrected chi connectivity index (χ1v) is 6.82. The van der Waals surface area contributed by atoms with Gasteiger partial charge in [0.05, 0.1) is 19.0 Å². The van der Waals surface area contributed by atoms with E-state index in [4.69, 9.17) is 5.26 Å². The molecule has 112 valence electrons. The van der Waals surface area contributed by atoms with Crippen molar-refractivity contribution in [3.05, 3.63) is 35.4 Å². The number of nitriles is 1. The molecule has 0 bridgehead atoms. The van der Waals surface area contributed by atoms with E-state index in [1.165, 1.54) is 0 Å². The Hall–Kier alpha value is -2.39. The van der Waals surface area contributed by atoms with Gasteiger partial charge in [-0.3, -0.25) is 9.59 Å². The quantitative estimate of drug-likeness (QED) is 0.601. The monoisotopic (exact) mass is 288 g/mol. The Bertz CT molecular complexity index is 505. The molecule has 1 aromatic carbocycles. The number of rotatable bonds is 8. The van der Waals surface area contributed by atoms with E-state index in [0.717, 1.165) is 5.56 Å². The van der Waals surface area contributed by atoms with Crippen molar-refractivity contribution < 1.29 is 9.59 Å². The first-order valence-electron chi connectivity index (χ1n) is 6.82. The Morgan fingerprint density at radius 3 is 2.48 bits per heavy atom. The third kappa shape index (κ3) is 7.09. The molecule has 0 aliphatic heterocycles. The second-order valence-electron chi connectivity index (χ2n) is 4.56. The van der Waals surface area contributed by atoms with E-state index in [-0.39, 0.29) is 18.4 Å². The number of carbonyl (C=O) groups is 2. The number of aryl methyl sites for hydroxylation is 1. The fourth-order valence-corrected chi connectivity index (χ4v) is 1.59. The van der Waals surface area contributed by atoms with Gasteiger partial charge in [-0.15, -0.1) is 0 Å². The summed E-state index contributed by atoms with van der Waals surface area (Å²) < 4.78 is 0. The molecule has 0 aliphatic carbocycles. The lowest BCUT2D eigenvalue weighted by Gasteiger charge is -2.07. The van der Waals surface area contributed by atoms with Crippen LogP contribution in [0.1, 0.15) is 22.3 Å². The van der Waals surface area contributed by atoms with Crippen LogP contribution in [0.2, 0.25) is 0 Å². The third-order valence-electron chi connectivity index (χ3n) is 2.75. The van der Waals surface area contributed by atoms with Crippen LogP contribution in [0.15, 0.2) is 24.3 Å². The maximum absolute atomic E-state index is 11.8. The number of nitrogens with one attached hydrogen (secondary N) is 3. The molecule has 2 amide bonds. The molecule has 0 heterocycles. The lowest BCUT2D eigenvalue weighted by atomic mass is 10.1. The summed E-state index contributed by atoms with van der Waals surface area (Å²) in [5.74, 6) is -0.287. The van der Waals surface area contributed by atoms with Gasteiger partial charge in [0, 0.05) is 25.2 Å². The fraction of sp³-hybridized carbons (Fsp3) is 0.400. The molecular weight excluding hydrogens is 268 g/mol. The van der Waals surface area contributed by atoms with Gasteiger partial charge in [0.15, 0.2) is 0 Å². The smallest absolute Gasteiger partial charge is 0.251 e. The van der Waals surface area contributed by atoms with Crippen LogP contribution in [-0.2, 0) is 4.79 Å². The molecule has 0 aromatic heterocycles. The molecule has 0 atom stereocenters. The Balaban J connectivity index is 2.11. The molecule has 0 fully saturated rings. The molecule has 1 rings (SSSR count). The fourth-order valence-electron chi connectivity index (χ4n) is 1.59. The summed E-state index contributed by atoms with van der Waals surface area (Å²) >= 11 is 0. The molecule has 0 unspecified atom stereocenters. The number of hydrogen-bond donors (Lipinski definition) is 3. The SMILES string of the molecule is Cc1ccc(C(=O)NCCNCC(=O)NCCC#N)cc1. The number of amides is 2. The van der Waals surface area contributed by atoms with E-state index in [1.807, 2.05) is 25.1 Å². The molecular formula is C15H20N4O2. The Kier molecular flexibility index (Phi) is 7.54. The number of carbonyl (C=O) groups excluding carboxylic acids is 2. The molecule has 21 heavy (non-hydrogen) atoms. The number of benzene rings is 1. The number of nitrogens with zero attached hydrogens (tertiary/aromatic N) is 1. The Morgan fingerprint density at radius 1 is 1.10 bits per heavy atom. The molecule has 6 heteroatoms. The molecule has 1 aromatic rings. The topological polar surface area (TPSA) is 94.0 Å². The first kappa shape index (κ1) is 16.7. The van der Waals surface area contributed by atoms with E-state index in [2.05, 4.69) is 16.0 Å². The molecule has 6 nitrogen and oxygen atoms in total. The average molecular weight is 288 g/mol. The van der Waals surface area contributed by atoms with Crippen molar-refractivity contribution in [2.24, 2.45) is 0 Å². The summed E-state index contributed by atoms with van der Waals surface area (Å²) in [5, 5.41) is 16.6. The van der Waals surface area contributed by atoms with Crippen LogP contribution < -0.4 is 16.0 Å². The minimum absolute atomic E-state index is 0.129. The lowest BCUT2D eigenvalue weighted by Crippen LogP contribution is -2.38. The van der Waals surface area contributed by atoms with E-state index in [9.17, 15) is 9.59 Å². The molecule has 0 saturated carbocycles. The van der Waals surface area contributed by atoms with Crippen molar-refractivity contribution in [1.29, 1.82) is 5.26 Å². The zero-order chi connectivity index (χ0) is 15.5. The largest absolute Gasteiger partial charge is 0.354 e. The molecule has 3 N–H and O–H groups in total. The summed E-state index contributed by atoms with van der Waals surface area (Å²) in [6, 6.07) is 9.28. The van der Waals surface area contributed by atoms with Gasteiger partial charge in [0.2, 0.25) is 5.91 Å². The van der Waals surface area contributed by atoms with Crippen LogP contribution >= 0.6 is 0 Å². The predicted molar refractivity (Wildman–Crippen MR) is 79.6 cm³/mol. The Morgan fingerprint density at radius 2 is 1.81 bits per heavy atom. The normalized spacial score (nSPS) is 9.71. The molecule has 0 radical (unpaired) electrons. The lowest BCUT2D eigenvalue weighted by molar-refractivity contribution is -0.120. The van der Waals surface area contributed by atoms with Crippen LogP contribution in [0.4, 0.5) is 0 Å². The minimum Gasteiger partial charge on any atom is -0.354 e. The summed E-state index contributed by atoms with van der Waals surface area (Å²) in [5.41, 5.74) is 1.73. The third-order valence-corrected chi connectivity index (χ3v) is 2.75. The maximum Gasteiger partial charge on any atom is 0.251 e. The van der Waals surface area contributed by atoms with Crippen LogP contribution in [0.5, 0.6) is 0 Å². The second-order valence-corrected chi connectivity index (χ2v) is 4.56. The van der Waals surface area contributed by atoms with Gasteiger partial charge < -0.3 is 16.0 Å². The van der Waals surface area contributed by atoms with Gasteiger partial charge in [-0.2, -0.15) is 5.26 Å². The van der Waals surface area contributed by atoms with Gasteiger partial charge in [-0.25, -0.2) is 0 Å².